The zero-order valence-electron chi connectivity index (χ0n) is 10.3. The van der Waals surface area contributed by atoms with Crippen molar-refractivity contribution < 1.29 is 13.2 Å². The summed E-state index contributed by atoms with van der Waals surface area (Å²) in [5, 5.41) is 2.64. The first kappa shape index (κ1) is 15.3. The van der Waals surface area contributed by atoms with Crippen molar-refractivity contribution in [1.29, 1.82) is 0 Å². The molecule has 7 heteroatoms. The second-order valence-corrected chi connectivity index (χ2v) is 6.11. The van der Waals surface area contributed by atoms with E-state index in [1.54, 1.807) is 0 Å². The average Bonchev–Trinajstić information content (AvgIpc) is 2.14. The summed E-state index contributed by atoms with van der Waals surface area (Å²) in [7, 11) is -0.709. The van der Waals surface area contributed by atoms with Gasteiger partial charge < -0.3 is 5.32 Å². The summed E-state index contributed by atoms with van der Waals surface area (Å²) < 4.78 is 25.7. The van der Waals surface area contributed by atoms with Crippen LogP contribution in [0.2, 0.25) is 0 Å². The smallest absolute Gasteiger partial charge is 0.279 e. The average molecular weight is 251 g/mol. The molecule has 0 saturated carbocycles. The van der Waals surface area contributed by atoms with Crippen LogP contribution in [-0.2, 0) is 15.0 Å². The van der Waals surface area contributed by atoms with Crippen LogP contribution < -0.4 is 10.0 Å². The largest absolute Gasteiger partial charge is 0.355 e. The SMILES string of the molecule is CC(C)CCNC(=O)CNS(=O)(=O)N(C)C. The van der Waals surface area contributed by atoms with Crippen LogP contribution >= 0.6 is 0 Å². The molecule has 0 bridgehead atoms. The van der Waals surface area contributed by atoms with Gasteiger partial charge in [0.1, 0.15) is 0 Å². The Hall–Kier alpha value is -0.660. The normalized spacial score (nSPS) is 12.1. The minimum Gasteiger partial charge on any atom is -0.355 e. The topological polar surface area (TPSA) is 78.5 Å². The van der Waals surface area contributed by atoms with Crippen LogP contribution in [0, 0.1) is 5.92 Å². The predicted molar refractivity (Wildman–Crippen MR) is 63.1 cm³/mol. The monoisotopic (exact) mass is 251 g/mol. The van der Waals surface area contributed by atoms with Crippen LogP contribution in [-0.4, -0.2) is 45.8 Å². The van der Waals surface area contributed by atoms with Crippen LogP contribution in [0.15, 0.2) is 0 Å². The van der Waals surface area contributed by atoms with Gasteiger partial charge in [0.2, 0.25) is 5.91 Å². The van der Waals surface area contributed by atoms with E-state index in [2.05, 4.69) is 23.9 Å². The fourth-order valence-corrected chi connectivity index (χ4v) is 1.42. The molecular formula is C9H21N3O3S. The summed E-state index contributed by atoms with van der Waals surface area (Å²) >= 11 is 0. The number of rotatable bonds is 7. The lowest BCUT2D eigenvalue weighted by Crippen LogP contribution is -2.42. The van der Waals surface area contributed by atoms with Crippen LogP contribution in [0.3, 0.4) is 0 Å². The van der Waals surface area contributed by atoms with E-state index in [0.29, 0.717) is 12.5 Å². The number of hydrogen-bond donors (Lipinski definition) is 2. The lowest BCUT2D eigenvalue weighted by atomic mass is 10.1. The lowest BCUT2D eigenvalue weighted by Gasteiger charge is -2.12. The molecule has 0 aromatic rings. The van der Waals surface area contributed by atoms with Crippen LogP contribution in [0.5, 0.6) is 0 Å². The quantitative estimate of drug-likeness (QED) is 0.643. The van der Waals surface area contributed by atoms with Crippen molar-refractivity contribution in [3.63, 3.8) is 0 Å². The van der Waals surface area contributed by atoms with E-state index in [1.165, 1.54) is 14.1 Å². The third-order valence-corrected chi connectivity index (χ3v) is 3.41. The molecule has 0 aromatic carbocycles. The number of carbonyl (C=O) groups excluding carboxylic acids is 1. The van der Waals surface area contributed by atoms with E-state index in [0.717, 1.165) is 10.7 Å². The van der Waals surface area contributed by atoms with Gasteiger partial charge in [-0.25, -0.2) is 0 Å². The van der Waals surface area contributed by atoms with E-state index >= 15 is 0 Å². The molecule has 0 unspecified atom stereocenters. The summed E-state index contributed by atoms with van der Waals surface area (Å²) in [6.07, 6.45) is 0.881. The van der Waals surface area contributed by atoms with E-state index < -0.39 is 10.2 Å². The first-order chi connectivity index (χ1) is 7.25. The van der Waals surface area contributed by atoms with Crippen LogP contribution in [0.4, 0.5) is 0 Å². The van der Waals surface area contributed by atoms with Gasteiger partial charge in [-0.1, -0.05) is 13.8 Å². The minimum atomic E-state index is -3.51. The summed E-state index contributed by atoms with van der Waals surface area (Å²) in [4.78, 5) is 11.2. The Kier molecular flexibility index (Phi) is 6.54. The van der Waals surface area contributed by atoms with Gasteiger partial charge in [-0.3, -0.25) is 4.79 Å². The van der Waals surface area contributed by atoms with Crippen LogP contribution in [0.25, 0.3) is 0 Å². The number of hydrogen-bond acceptors (Lipinski definition) is 3. The molecule has 16 heavy (non-hydrogen) atoms. The van der Waals surface area contributed by atoms with Gasteiger partial charge in [-0.2, -0.15) is 17.4 Å². The molecule has 1 amide bonds. The van der Waals surface area contributed by atoms with E-state index in [-0.39, 0.29) is 12.5 Å². The molecule has 0 aromatic heterocycles. The first-order valence-corrected chi connectivity index (χ1v) is 6.63. The van der Waals surface area contributed by atoms with Crippen LogP contribution in [0.1, 0.15) is 20.3 Å². The zero-order valence-corrected chi connectivity index (χ0v) is 11.1. The maximum atomic E-state index is 11.3. The highest BCUT2D eigenvalue weighted by molar-refractivity contribution is 7.87. The minimum absolute atomic E-state index is 0.224. The number of nitrogens with one attached hydrogen (secondary N) is 2. The molecule has 0 aliphatic heterocycles. The molecule has 0 aliphatic rings. The third kappa shape index (κ3) is 6.76. The maximum Gasteiger partial charge on any atom is 0.279 e. The van der Waals surface area contributed by atoms with Gasteiger partial charge >= 0.3 is 0 Å². The zero-order chi connectivity index (χ0) is 12.8. The molecule has 0 radical (unpaired) electrons. The lowest BCUT2D eigenvalue weighted by molar-refractivity contribution is -0.120. The van der Waals surface area contributed by atoms with Crippen molar-refractivity contribution in [1.82, 2.24) is 14.3 Å². The predicted octanol–water partition coefficient (Wildman–Crippen LogP) is -0.455. The Balaban J connectivity index is 3.83. The van der Waals surface area contributed by atoms with Gasteiger partial charge in [0.25, 0.3) is 10.2 Å². The van der Waals surface area contributed by atoms with Crippen molar-refractivity contribution >= 4 is 16.1 Å². The molecule has 0 atom stereocenters. The highest BCUT2D eigenvalue weighted by Crippen LogP contribution is 1.95. The van der Waals surface area contributed by atoms with Crippen molar-refractivity contribution in [2.45, 2.75) is 20.3 Å². The highest BCUT2D eigenvalue weighted by Gasteiger charge is 2.13. The highest BCUT2D eigenvalue weighted by atomic mass is 32.2. The maximum absolute atomic E-state index is 11.3. The fraction of sp³-hybridized carbons (Fsp3) is 0.889. The van der Waals surface area contributed by atoms with E-state index in [4.69, 9.17) is 0 Å². The second kappa shape index (κ2) is 6.82. The summed E-state index contributed by atoms with van der Waals surface area (Å²) in [6.45, 7) is 4.46. The number of nitrogens with zero attached hydrogens (tertiary/aromatic N) is 1. The number of amides is 1. The molecule has 0 spiro atoms. The van der Waals surface area contributed by atoms with Crippen molar-refractivity contribution in [2.24, 2.45) is 5.92 Å². The van der Waals surface area contributed by atoms with Gasteiger partial charge in [-0.15, -0.1) is 0 Å². The van der Waals surface area contributed by atoms with Crippen molar-refractivity contribution in [3.8, 4) is 0 Å². The second-order valence-electron chi connectivity index (χ2n) is 4.14. The van der Waals surface area contributed by atoms with Gasteiger partial charge in [-0.05, 0) is 12.3 Å². The molecule has 6 nitrogen and oxygen atoms in total. The molecular weight excluding hydrogens is 230 g/mol. The molecule has 0 rings (SSSR count). The Morgan fingerprint density at radius 1 is 1.31 bits per heavy atom. The summed E-state index contributed by atoms with van der Waals surface area (Å²) in [6, 6.07) is 0. The molecule has 96 valence electrons. The standard InChI is InChI=1S/C9H21N3O3S/c1-8(2)5-6-10-9(13)7-11-16(14,15)12(3)4/h8,11H,5-7H2,1-4H3,(H,10,13). The van der Waals surface area contributed by atoms with Crippen molar-refractivity contribution in [3.05, 3.63) is 0 Å². The molecule has 0 saturated heterocycles. The van der Waals surface area contributed by atoms with E-state index in [1.807, 2.05) is 0 Å². The summed E-state index contributed by atoms with van der Waals surface area (Å²) in [5.74, 6) is 0.199. The Morgan fingerprint density at radius 3 is 2.31 bits per heavy atom. The van der Waals surface area contributed by atoms with E-state index in [9.17, 15) is 13.2 Å². The number of carbonyl (C=O) groups is 1. The third-order valence-electron chi connectivity index (χ3n) is 1.94. The molecule has 0 fully saturated rings. The Morgan fingerprint density at radius 2 is 1.88 bits per heavy atom. The molecule has 0 aliphatic carbocycles. The first-order valence-electron chi connectivity index (χ1n) is 5.19. The Labute approximate surface area is 97.6 Å². The summed E-state index contributed by atoms with van der Waals surface area (Å²) in [5.41, 5.74) is 0. The van der Waals surface area contributed by atoms with Crippen molar-refractivity contribution in [2.75, 3.05) is 27.2 Å². The Bertz CT molecular complexity index is 312. The molecule has 2 N–H and O–H groups in total. The fourth-order valence-electron chi connectivity index (χ4n) is 0.849. The molecule has 0 heterocycles. The van der Waals surface area contributed by atoms with Gasteiger partial charge in [0, 0.05) is 20.6 Å². The van der Waals surface area contributed by atoms with Gasteiger partial charge in [0.05, 0.1) is 6.54 Å². The van der Waals surface area contributed by atoms with Gasteiger partial charge in [0.15, 0.2) is 0 Å².